The van der Waals surface area contributed by atoms with Crippen molar-refractivity contribution in [1.29, 1.82) is 0 Å². The highest BCUT2D eigenvalue weighted by molar-refractivity contribution is 7.99. The maximum absolute atomic E-state index is 12.7. The number of carbonyl (C=O) groups is 2. The summed E-state index contributed by atoms with van der Waals surface area (Å²) >= 11 is 7.26. The minimum absolute atomic E-state index is 0.0149. The number of fused-ring (bicyclic) bond motifs is 1. The summed E-state index contributed by atoms with van der Waals surface area (Å²) in [7, 11) is 0. The lowest BCUT2D eigenvalue weighted by molar-refractivity contribution is -0.118. The smallest absolute Gasteiger partial charge is 0.216 e. The highest BCUT2D eigenvalue weighted by Gasteiger charge is 2.18. The van der Waals surface area contributed by atoms with Crippen LogP contribution >= 0.6 is 23.4 Å². The molecule has 0 spiro atoms. The Morgan fingerprint density at radius 3 is 2.53 bits per heavy atom. The number of rotatable bonds is 8. The maximum Gasteiger partial charge on any atom is 0.216 e. The van der Waals surface area contributed by atoms with Crippen LogP contribution < -0.4 is 5.32 Å². The van der Waals surface area contributed by atoms with Gasteiger partial charge in [0.25, 0.3) is 0 Å². The molecule has 32 heavy (non-hydrogen) atoms. The molecule has 0 aliphatic heterocycles. The van der Waals surface area contributed by atoms with E-state index < -0.39 is 0 Å². The van der Waals surface area contributed by atoms with Crippen LogP contribution in [0.3, 0.4) is 0 Å². The van der Waals surface area contributed by atoms with Crippen molar-refractivity contribution < 1.29 is 9.59 Å². The Balaban J connectivity index is 1.66. The molecule has 0 aliphatic rings. The predicted molar refractivity (Wildman–Crippen MR) is 128 cm³/mol. The van der Waals surface area contributed by atoms with Crippen LogP contribution in [0.1, 0.15) is 23.1 Å². The van der Waals surface area contributed by atoms with Gasteiger partial charge in [0.2, 0.25) is 5.91 Å². The molecular formula is C24H21ClN4O2S. The summed E-state index contributed by atoms with van der Waals surface area (Å²) in [5, 5.41) is 14.9. The summed E-state index contributed by atoms with van der Waals surface area (Å²) in [6.07, 6.45) is 0.515. The molecule has 4 rings (SSSR count). The zero-order valence-corrected chi connectivity index (χ0v) is 19.0. The van der Waals surface area contributed by atoms with Crippen LogP contribution in [-0.2, 0) is 11.2 Å². The maximum atomic E-state index is 12.7. The van der Waals surface area contributed by atoms with Crippen molar-refractivity contribution in [1.82, 2.24) is 20.1 Å². The lowest BCUT2D eigenvalue weighted by Gasteiger charge is -2.13. The van der Waals surface area contributed by atoms with Crippen molar-refractivity contribution in [2.45, 2.75) is 18.5 Å². The van der Waals surface area contributed by atoms with Crippen LogP contribution in [0.4, 0.5) is 0 Å². The summed E-state index contributed by atoms with van der Waals surface area (Å²) < 4.78 is 1.98. The summed E-state index contributed by atoms with van der Waals surface area (Å²) in [5.41, 5.74) is 1.54. The van der Waals surface area contributed by atoms with Gasteiger partial charge in [0.05, 0.1) is 11.4 Å². The largest absolute Gasteiger partial charge is 0.356 e. The van der Waals surface area contributed by atoms with Crippen molar-refractivity contribution in [3.8, 4) is 5.69 Å². The molecule has 0 atom stereocenters. The zero-order valence-electron chi connectivity index (χ0n) is 17.4. The van der Waals surface area contributed by atoms with Crippen LogP contribution in [0.5, 0.6) is 0 Å². The number of aromatic nitrogens is 3. The number of nitrogens with zero attached hydrogens (tertiary/aromatic N) is 3. The number of amides is 1. The second-order valence-corrected chi connectivity index (χ2v) is 8.56. The van der Waals surface area contributed by atoms with Gasteiger partial charge >= 0.3 is 0 Å². The first kappa shape index (κ1) is 22.0. The van der Waals surface area contributed by atoms with Crippen LogP contribution in [0.15, 0.2) is 71.9 Å². The first-order chi connectivity index (χ1) is 15.5. The van der Waals surface area contributed by atoms with Crippen LogP contribution in [0.2, 0.25) is 5.02 Å². The normalized spacial score (nSPS) is 10.9. The van der Waals surface area contributed by atoms with E-state index in [2.05, 4.69) is 33.7 Å². The first-order valence-electron chi connectivity index (χ1n) is 10.1. The van der Waals surface area contributed by atoms with E-state index in [1.165, 1.54) is 18.7 Å². The summed E-state index contributed by atoms with van der Waals surface area (Å²) in [6, 6.07) is 21.0. The first-order valence-corrected chi connectivity index (χ1v) is 11.5. The number of thioether (sulfide) groups is 1. The second kappa shape index (κ2) is 9.97. The predicted octanol–water partition coefficient (Wildman–Crippen LogP) is 4.73. The fourth-order valence-corrected chi connectivity index (χ4v) is 4.38. The Kier molecular flexibility index (Phi) is 6.87. The number of hydrogen-bond donors (Lipinski definition) is 1. The molecule has 0 bridgehead atoms. The number of halogens is 1. The van der Waals surface area contributed by atoms with Crippen LogP contribution in [-0.4, -0.2) is 38.8 Å². The van der Waals surface area contributed by atoms with Crippen molar-refractivity contribution in [2.24, 2.45) is 0 Å². The average Bonchev–Trinajstić information content (AvgIpc) is 3.19. The van der Waals surface area contributed by atoms with E-state index in [1.807, 2.05) is 28.8 Å². The minimum atomic E-state index is -0.0932. The summed E-state index contributed by atoms with van der Waals surface area (Å²) in [5.74, 6) is 0.829. The Morgan fingerprint density at radius 1 is 1.00 bits per heavy atom. The lowest BCUT2D eigenvalue weighted by Crippen LogP contribution is -2.23. The number of carbonyl (C=O) groups excluding carboxylic acids is 2. The zero-order chi connectivity index (χ0) is 22.5. The van der Waals surface area contributed by atoms with E-state index >= 15 is 0 Å². The molecule has 1 aromatic heterocycles. The van der Waals surface area contributed by atoms with Gasteiger partial charge in [-0.15, -0.1) is 10.2 Å². The van der Waals surface area contributed by atoms with E-state index in [1.54, 1.807) is 24.3 Å². The molecule has 6 nitrogen and oxygen atoms in total. The number of Topliss-reactive ketones (excluding diaryl/α,β-unsaturated/α-hetero) is 1. The van der Waals surface area contributed by atoms with Crippen molar-refractivity contribution in [2.75, 3.05) is 12.3 Å². The molecule has 4 aromatic rings. The molecule has 0 unspecified atom stereocenters. The molecule has 1 N–H and O–H groups in total. The quantitative estimate of drug-likeness (QED) is 0.301. The Labute approximate surface area is 195 Å². The van der Waals surface area contributed by atoms with Gasteiger partial charge in [0.15, 0.2) is 10.9 Å². The third-order valence-corrected chi connectivity index (χ3v) is 6.11. The van der Waals surface area contributed by atoms with E-state index in [-0.39, 0.29) is 17.4 Å². The van der Waals surface area contributed by atoms with Crippen molar-refractivity contribution >= 4 is 45.8 Å². The molecule has 0 saturated carbocycles. The molecule has 0 fully saturated rings. The standard InChI is InChI=1S/C24H21ClN4O2S/c1-16(30)26-14-13-23-27-28-24(32-15-22(31)18-9-11-19(25)12-10-18)29(23)21-8-4-6-17-5-2-3-7-20(17)21/h2-12H,13-15H2,1H3,(H,26,30). The van der Waals surface area contributed by atoms with Gasteiger partial charge in [-0.3, -0.25) is 14.2 Å². The molecule has 3 aromatic carbocycles. The van der Waals surface area contributed by atoms with Crippen LogP contribution in [0.25, 0.3) is 16.5 Å². The van der Waals surface area contributed by atoms with E-state index in [4.69, 9.17) is 11.6 Å². The van der Waals surface area contributed by atoms with Gasteiger partial charge in [-0.05, 0) is 35.7 Å². The van der Waals surface area contributed by atoms with E-state index in [0.717, 1.165) is 22.3 Å². The molecule has 0 aliphatic carbocycles. The molecule has 8 heteroatoms. The topological polar surface area (TPSA) is 76.9 Å². The molecular weight excluding hydrogens is 444 g/mol. The summed E-state index contributed by atoms with van der Waals surface area (Å²) in [4.78, 5) is 24.0. The molecule has 0 radical (unpaired) electrons. The van der Waals surface area contributed by atoms with Crippen molar-refractivity contribution in [3.05, 3.63) is 83.1 Å². The Bertz CT molecular complexity index is 1270. The van der Waals surface area contributed by atoms with Gasteiger partial charge in [-0.2, -0.15) is 0 Å². The van der Waals surface area contributed by atoms with Gasteiger partial charge in [-0.25, -0.2) is 0 Å². The minimum Gasteiger partial charge on any atom is -0.356 e. The highest BCUT2D eigenvalue weighted by atomic mass is 35.5. The molecule has 1 amide bonds. The number of hydrogen-bond acceptors (Lipinski definition) is 5. The third-order valence-electron chi connectivity index (χ3n) is 4.93. The van der Waals surface area contributed by atoms with Gasteiger partial charge in [-0.1, -0.05) is 59.8 Å². The van der Waals surface area contributed by atoms with Crippen LogP contribution in [0, 0.1) is 0 Å². The van der Waals surface area contributed by atoms with E-state index in [9.17, 15) is 9.59 Å². The van der Waals surface area contributed by atoms with Gasteiger partial charge in [0.1, 0.15) is 5.82 Å². The molecule has 162 valence electrons. The van der Waals surface area contributed by atoms with Gasteiger partial charge < -0.3 is 5.32 Å². The molecule has 1 heterocycles. The molecule has 0 saturated heterocycles. The second-order valence-electron chi connectivity index (χ2n) is 7.18. The number of benzene rings is 3. The SMILES string of the molecule is CC(=O)NCCc1nnc(SCC(=O)c2ccc(Cl)cc2)n1-c1cccc2ccccc12. The van der Waals surface area contributed by atoms with Gasteiger partial charge in [0, 0.05) is 35.9 Å². The van der Waals surface area contributed by atoms with E-state index in [0.29, 0.717) is 28.7 Å². The average molecular weight is 465 g/mol. The Morgan fingerprint density at radius 2 is 1.75 bits per heavy atom. The number of nitrogens with one attached hydrogen (secondary N) is 1. The number of ketones is 1. The van der Waals surface area contributed by atoms with Crippen molar-refractivity contribution in [3.63, 3.8) is 0 Å². The highest BCUT2D eigenvalue weighted by Crippen LogP contribution is 2.28. The summed E-state index contributed by atoms with van der Waals surface area (Å²) in [6.45, 7) is 1.94. The monoisotopic (exact) mass is 464 g/mol. The fourth-order valence-electron chi connectivity index (χ4n) is 3.40. The lowest BCUT2D eigenvalue weighted by atomic mass is 10.1. The third kappa shape index (κ3) is 5.00. The Hall–Kier alpha value is -3.16. The fraction of sp³-hybridized carbons (Fsp3) is 0.167.